The van der Waals surface area contributed by atoms with Crippen molar-refractivity contribution < 1.29 is 4.79 Å². The van der Waals surface area contributed by atoms with Crippen LogP contribution < -0.4 is 5.32 Å². The van der Waals surface area contributed by atoms with Crippen LogP contribution in [0.2, 0.25) is 0 Å². The topological polar surface area (TPSA) is 29.1 Å². The van der Waals surface area contributed by atoms with E-state index in [1.165, 1.54) is 6.08 Å². The molecule has 2 nitrogen and oxygen atoms in total. The van der Waals surface area contributed by atoms with Gasteiger partial charge < -0.3 is 5.32 Å². The molecule has 0 atom stereocenters. The minimum atomic E-state index is -0.233. The summed E-state index contributed by atoms with van der Waals surface area (Å²) in [6, 6.07) is 0.369. The third-order valence-corrected chi connectivity index (χ3v) is 0.805. The summed E-state index contributed by atoms with van der Waals surface area (Å²) < 4.78 is 0. The summed E-state index contributed by atoms with van der Waals surface area (Å²) in [4.78, 5) is 10.2. The van der Waals surface area contributed by atoms with Crippen molar-refractivity contribution in [2.24, 2.45) is 0 Å². The predicted molar refractivity (Wildman–Crippen MR) is 41.4 cm³/mol. The Morgan fingerprint density at radius 1 is 1.67 bits per heavy atom. The molecule has 0 aliphatic carbocycles. The maximum atomic E-state index is 10.2. The number of thiol groups is 1. The summed E-state index contributed by atoms with van der Waals surface area (Å²) in [7, 11) is 0. The summed E-state index contributed by atoms with van der Waals surface area (Å²) in [5, 5.41) is 2.69. The van der Waals surface area contributed by atoms with Crippen LogP contribution in [0.3, 0.4) is 0 Å². The first-order valence-corrected chi connectivity index (χ1v) is 3.23. The summed E-state index contributed by atoms with van der Waals surface area (Å²) in [5.74, 6) is 0. The zero-order chi connectivity index (χ0) is 7.28. The van der Waals surface area contributed by atoms with Crippen molar-refractivity contribution in [2.45, 2.75) is 19.9 Å². The van der Waals surface area contributed by atoms with Crippen molar-refractivity contribution in [1.82, 2.24) is 5.32 Å². The Balaban J connectivity index is 3.36. The maximum Gasteiger partial charge on any atom is 0.210 e. The Morgan fingerprint density at radius 2 is 2.22 bits per heavy atom. The van der Waals surface area contributed by atoms with Gasteiger partial charge in [0.25, 0.3) is 0 Å². The van der Waals surface area contributed by atoms with E-state index in [1.54, 1.807) is 6.20 Å². The Hall–Kier alpha value is -0.440. The van der Waals surface area contributed by atoms with Crippen LogP contribution in [-0.2, 0) is 4.79 Å². The molecule has 0 aliphatic rings. The zero-order valence-electron chi connectivity index (χ0n) is 5.59. The summed E-state index contributed by atoms with van der Waals surface area (Å²) in [6.07, 6.45) is 2.98. The van der Waals surface area contributed by atoms with E-state index in [-0.39, 0.29) is 5.12 Å². The third kappa shape index (κ3) is 7.56. The lowest BCUT2D eigenvalue weighted by molar-refractivity contribution is -0.106. The lowest BCUT2D eigenvalue weighted by Crippen LogP contribution is -2.15. The van der Waals surface area contributed by atoms with Gasteiger partial charge in [-0.25, -0.2) is 0 Å². The minimum absolute atomic E-state index is 0.233. The fourth-order valence-corrected chi connectivity index (χ4v) is 0.386. The molecule has 0 radical (unpaired) electrons. The van der Waals surface area contributed by atoms with Crippen LogP contribution in [0.4, 0.5) is 0 Å². The van der Waals surface area contributed by atoms with Gasteiger partial charge in [-0.15, -0.1) is 12.6 Å². The quantitative estimate of drug-likeness (QED) is 0.457. The first-order chi connectivity index (χ1) is 4.13. The largest absolute Gasteiger partial charge is 0.389 e. The summed E-state index contributed by atoms with van der Waals surface area (Å²) >= 11 is 3.53. The van der Waals surface area contributed by atoms with Gasteiger partial charge in [-0.05, 0) is 13.8 Å². The van der Waals surface area contributed by atoms with Gasteiger partial charge in [0.05, 0.1) is 0 Å². The fourth-order valence-electron chi connectivity index (χ4n) is 0.312. The van der Waals surface area contributed by atoms with Crippen LogP contribution in [0, 0.1) is 0 Å². The van der Waals surface area contributed by atoms with Crippen LogP contribution in [0.25, 0.3) is 0 Å². The number of hydrogen-bond donors (Lipinski definition) is 2. The Morgan fingerprint density at radius 3 is 2.56 bits per heavy atom. The molecule has 52 valence electrons. The smallest absolute Gasteiger partial charge is 0.210 e. The average Bonchev–Trinajstić information content (AvgIpc) is 1.63. The second-order valence-corrected chi connectivity index (χ2v) is 2.43. The van der Waals surface area contributed by atoms with Crippen LogP contribution in [0.15, 0.2) is 12.3 Å². The van der Waals surface area contributed by atoms with Gasteiger partial charge in [0, 0.05) is 18.3 Å². The number of nitrogens with one attached hydrogen (secondary N) is 1. The highest BCUT2D eigenvalue weighted by atomic mass is 32.1. The van der Waals surface area contributed by atoms with Gasteiger partial charge in [-0.1, -0.05) is 0 Å². The van der Waals surface area contributed by atoms with Crippen LogP contribution >= 0.6 is 12.6 Å². The molecule has 0 unspecified atom stereocenters. The van der Waals surface area contributed by atoms with E-state index < -0.39 is 0 Å². The molecule has 0 aliphatic heterocycles. The van der Waals surface area contributed by atoms with Crippen molar-refractivity contribution >= 4 is 17.7 Å². The first-order valence-electron chi connectivity index (χ1n) is 2.78. The van der Waals surface area contributed by atoms with Crippen molar-refractivity contribution in [1.29, 1.82) is 0 Å². The van der Waals surface area contributed by atoms with E-state index in [1.807, 2.05) is 13.8 Å². The Labute approximate surface area is 60.7 Å². The fraction of sp³-hybridized carbons (Fsp3) is 0.500. The number of carbonyl (C=O) groups is 1. The van der Waals surface area contributed by atoms with Crippen LogP contribution in [0.1, 0.15) is 13.8 Å². The van der Waals surface area contributed by atoms with E-state index in [9.17, 15) is 4.79 Å². The Kier molecular flexibility index (Phi) is 4.22. The third-order valence-electron chi connectivity index (χ3n) is 0.655. The molecule has 0 saturated heterocycles. The molecular formula is C6H11NOS. The van der Waals surface area contributed by atoms with Crippen LogP contribution in [-0.4, -0.2) is 11.2 Å². The SMILES string of the molecule is CC(C)NC=CC(=O)S. The van der Waals surface area contributed by atoms with E-state index in [0.29, 0.717) is 6.04 Å². The van der Waals surface area contributed by atoms with Gasteiger partial charge in [0.15, 0.2) is 0 Å². The van der Waals surface area contributed by atoms with Gasteiger partial charge >= 0.3 is 0 Å². The van der Waals surface area contributed by atoms with Crippen LogP contribution in [0.5, 0.6) is 0 Å². The van der Waals surface area contributed by atoms with Crippen molar-refractivity contribution in [3.8, 4) is 0 Å². The van der Waals surface area contributed by atoms with E-state index in [4.69, 9.17) is 0 Å². The molecule has 0 amide bonds. The van der Waals surface area contributed by atoms with E-state index in [0.717, 1.165) is 0 Å². The number of carbonyl (C=O) groups excluding carboxylic acids is 1. The molecule has 0 aromatic heterocycles. The van der Waals surface area contributed by atoms with Gasteiger partial charge in [0.2, 0.25) is 5.12 Å². The molecule has 0 heterocycles. The standard InChI is InChI=1S/C6H11NOS/c1-5(2)7-4-3-6(8)9/h3-5,7H,1-2H3,(H,8,9). The maximum absolute atomic E-state index is 10.2. The molecule has 0 aromatic carbocycles. The van der Waals surface area contributed by atoms with E-state index >= 15 is 0 Å². The van der Waals surface area contributed by atoms with Crippen molar-refractivity contribution in [2.75, 3.05) is 0 Å². The lowest BCUT2D eigenvalue weighted by atomic mass is 10.4. The van der Waals surface area contributed by atoms with Gasteiger partial charge in [-0.2, -0.15) is 0 Å². The molecule has 0 fully saturated rings. The second kappa shape index (κ2) is 4.44. The van der Waals surface area contributed by atoms with E-state index in [2.05, 4.69) is 17.9 Å². The summed E-state index contributed by atoms with van der Waals surface area (Å²) in [6.45, 7) is 3.99. The zero-order valence-corrected chi connectivity index (χ0v) is 6.48. The number of hydrogen-bond acceptors (Lipinski definition) is 2. The number of rotatable bonds is 3. The minimum Gasteiger partial charge on any atom is -0.389 e. The molecule has 0 rings (SSSR count). The Bertz CT molecular complexity index is 120. The highest BCUT2D eigenvalue weighted by molar-refractivity contribution is 7.97. The second-order valence-electron chi connectivity index (χ2n) is 1.99. The first kappa shape index (κ1) is 8.56. The molecule has 0 saturated carbocycles. The molecule has 9 heavy (non-hydrogen) atoms. The van der Waals surface area contributed by atoms with Gasteiger partial charge in [-0.3, -0.25) is 4.79 Å². The van der Waals surface area contributed by atoms with Crippen molar-refractivity contribution in [3.05, 3.63) is 12.3 Å². The molecule has 0 bridgehead atoms. The highest BCUT2D eigenvalue weighted by Crippen LogP contribution is 1.80. The molecule has 0 spiro atoms. The monoisotopic (exact) mass is 145 g/mol. The predicted octanol–water partition coefficient (Wildman–Crippen LogP) is 0.954. The van der Waals surface area contributed by atoms with Crippen molar-refractivity contribution in [3.63, 3.8) is 0 Å². The normalized spacial score (nSPS) is 10.7. The average molecular weight is 145 g/mol. The molecule has 1 N–H and O–H groups in total. The molecule has 0 aromatic rings. The lowest BCUT2D eigenvalue weighted by Gasteiger charge is -2.00. The highest BCUT2D eigenvalue weighted by Gasteiger charge is 1.84. The molecule has 3 heteroatoms. The van der Waals surface area contributed by atoms with Gasteiger partial charge in [0.1, 0.15) is 0 Å². The molecular weight excluding hydrogens is 134 g/mol. The summed E-state index contributed by atoms with van der Waals surface area (Å²) in [5.41, 5.74) is 0.